The molecule has 0 heterocycles. The van der Waals surface area contributed by atoms with E-state index < -0.39 is 0 Å². The van der Waals surface area contributed by atoms with Gasteiger partial charge in [0, 0.05) is 0 Å². The Kier molecular flexibility index (Phi) is 7.10. The lowest BCUT2D eigenvalue weighted by Gasteiger charge is -2.45. The molecule has 36 heavy (non-hydrogen) atoms. The third kappa shape index (κ3) is 4.30. The van der Waals surface area contributed by atoms with E-state index >= 15 is 0 Å². The van der Waals surface area contributed by atoms with E-state index in [4.69, 9.17) is 0 Å². The van der Waals surface area contributed by atoms with Gasteiger partial charge in [-0.05, 0) is 110 Å². The zero-order valence-electron chi connectivity index (χ0n) is 23.2. The van der Waals surface area contributed by atoms with Crippen LogP contribution in [0, 0.1) is 35.5 Å². The Morgan fingerprint density at radius 3 is 1.39 bits per heavy atom. The first-order chi connectivity index (χ1) is 17.5. The van der Waals surface area contributed by atoms with Crippen LogP contribution in [0.3, 0.4) is 0 Å². The van der Waals surface area contributed by atoms with Crippen molar-refractivity contribution < 1.29 is 0 Å². The topological polar surface area (TPSA) is 3.24 Å². The molecule has 0 amide bonds. The van der Waals surface area contributed by atoms with Crippen LogP contribution in [0.2, 0.25) is 11.6 Å². The van der Waals surface area contributed by atoms with Gasteiger partial charge in [0.2, 0.25) is 6.85 Å². The first-order valence-corrected chi connectivity index (χ1v) is 15.3. The molecule has 4 aliphatic carbocycles. The van der Waals surface area contributed by atoms with Crippen LogP contribution in [-0.2, 0) is 0 Å². The summed E-state index contributed by atoms with van der Waals surface area (Å²) < 4.78 is 0. The third-order valence-electron chi connectivity index (χ3n) is 11.7. The average Bonchev–Trinajstić information content (AvgIpc) is 3.41. The van der Waals surface area contributed by atoms with Gasteiger partial charge in [0.25, 0.3) is 0 Å². The van der Waals surface area contributed by atoms with E-state index in [0.717, 1.165) is 65.8 Å². The summed E-state index contributed by atoms with van der Waals surface area (Å²) in [5.41, 5.74) is 3.24. The number of rotatable bonds is 5. The van der Waals surface area contributed by atoms with Gasteiger partial charge in [0.1, 0.15) is 0 Å². The first-order valence-electron chi connectivity index (χ1n) is 15.3. The average molecular weight is 482 g/mol. The summed E-state index contributed by atoms with van der Waals surface area (Å²) >= 11 is 0. The fourth-order valence-corrected chi connectivity index (χ4v) is 10.6. The normalized spacial score (nSPS) is 40.1. The molecule has 10 atom stereocenters. The van der Waals surface area contributed by atoms with Gasteiger partial charge in [-0.1, -0.05) is 100 Å². The van der Waals surface area contributed by atoms with Crippen LogP contribution in [0.25, 0.3) is 0 Å². The maximum Gasteiger partial charge on any atom is 0.230 e. The van der Waals surface area contributed by atoms with E-state index in [0.29, 0.717) is 0 Å². The highest BCUT2D eigenvalue weighted by Gasteiger charge is 2.57. The first kappa shape index (κ1) is 24.8. The van der Waals surface area contributed by atoms with Crippen molar-refractivity contribution in [3.8, 4) is 0 Å². The molecule has 6 rings (SSSR count). The molecular weight excluding hydrogens is 433 g/mol. The maximum absolute atomic E-state index is 2.71. The van der Waals surface area contributed by atoms with Crippen molar-refractivity contribution in [3.63, 3.8) is 0 Å². The molecule has 8 unspecified atom stereocenters. The van der Waals surface area contributed by atoms with Crippen LogP contribution >= 0.6 is 0 Å². The highest BCUT2D eigenvalue weighted by molar-refractivity contribution is 6.59. The molecule has 0 bridgehead atoms. The van der Waals surface area contributed by atoms with Crippen LogP contribution in [0.4, 0.5) is 0 Å². The molecule has 0 saturated heterocycles. The fourth-order valence-electron chi connectivity index (χ4n) is 10.6. The van der Waals surface area contributed by atoms with Crippen molar-refractivity contribution in [2.75, 3.05) is 14.1 Å². The van der Waals surface area contributed by atoms with Gasteiger partial charge in [-0.2, -0.15) is 0 Å². The predicted octanol–water partition coefficient (Wildman–Crippen LogP) is 8.76. The van der Waals surface area contributed by atoms with Crippen molar-refractivity contribution in [1.82, 2.24) is 4.81 Å². The quantitative estimate of drug-likeness (QED) is 0.386. The molecule has 2 aromatic rings. The van der Waals surface area contributed by atoms with Gasteiger partial charge in [-0.25, -0.2) is 0 Å². The zero-order valence-corrected chi connectivity index (χ0v) is 23.2. The minimum atomic E-state index is 0.740. The summed E-state index contributed by atoms with van der Waals surface area (Å²) in [5.74, 6) is 8.57. The van der Waals surface area contributed by atoms with Crippen molar-refractivity contribution in [2.24, 2.45) is 35.5 Å². The molecule has 4 saturated carbocycles. The summed E-state index contributed by atoms with van der Waals surface area (Å²) in [6.45, 7) is 6.00. The van der Waals surface area contributed by atoms with Crippen molar-refractivity contribution in [2.45, 2.75) is 88.7 Å². The van der Waals surface area contributed by atoms with Crippen molar-refractivity contribution in [1.29, 1.82) is 0 Å². The van der Waals surface area contributed by atoms with Gasteiger partial charge in [-0.15, -0.1) is 0 Å². The van der Waals surface area contributed by atoms with Gasteiger partial charge in [0.05, 0.1) is 0 Å². The van der Waals surface area contributed by atoms with Gasteiger partial charge < -0.3 is 4.81 Å². The molecular formula is C34H48BN. The van der Waals surface area contributed by atoms with Gasteiger partial charge in [-0.3, -0.25) is 0 Å². The molecule has 0 aromatic heterocycles. The second kappa shape index (κ2) is 10.3. The van der Waals surface area contributed by atoms with Crippen molar-refractivity contribution >= 4 is 6.85 Å². The van der Waals surface area contributed by atoms with E-state index in [1.54, 1.807) is 11.1 Å². The minimum absolute atomic E-state index is 0.740. The van der Waals surface area contributed by atoms with Crippen LogP contribution in [0.15, 0.2) is 60.7 Å². The summed E-state index contributed by atoms with van der Waals surface area (Å²) in [6.07, 6.45) is 11.5. The van der Waals surface area contributed by atoms with Crippen LogP contribution < -0.4 is 0 Å². The van der Waals surface area contributed by atoms with E-state index in [9.17, 15) is 0 Å². The molecule has 4 fully saturated rings. The fraction of sp³-hybridized carbons (Fsp3) is 0.647. The largest absolute Gasteiger partial charge is 0.347 e. The van der Waals surface area contributed by atoms with Gasteiger partial charge in [0.15, 0.2) is 0 Å². The number of hydrogen-bond acceptors (Lipinski definition) is 1. The standard InChI is InChI=1S/C34H48BN/c1-23-21-31-27(25-13-7-5-8-14-25)17-11-19-29(31)33(23)35(36(3)4)34-24(2)22-32-28(18-12-20-30(32)34)26-15-9-6-10-16-26/h5-10,13-16,23-24,27-34H,11-12,17-22H2,1-4H3/t23-,24-,27?,28?,29?,30?,31?,32?,33?,34?/m1/s1. The van der Waals surface area contributed by atoms with Crippen LogP contribution in [0.5, 0.6) is 0 Å². The monoisotopic (exact) mass is 481 g/mol. The Balaban J connectivity index is 1.29. The highest BCUT2D eigenvalue weighted by Crippen LogP contribution is 2.64. The Labute approximate surface area is 221 Å². The summed E-state index contributed by atoms with van der Waals surface area (Å²) in [6, 6.07) is 23.1. The van der Waals surface area contributed by atoms with E-state index in [1.165, 1.54) is 51.4 Å². The van der Waals surface area contributed by atoms with Crippen LogP contribution in [0.1, 0.15) is 88.2 Å². The summed E-state index contributed by atoms with van der Waals surface area (Å²) in [5, 5.41) is 0. The van der Waals surface area contributed by atoms with E-state index in [2.05, 4.69) is 93.4 Å². The number of fused-ring (bicyclic) bond motifs is 2. The highest BCUT2D eigenvalue weighted by atomic mass is 15.0. The second-order valence-corrected chi connectivity index (χ2v) is 13.6. The SMILES string of the molecule is C[C@@H]1CC2C(c3ccccc3)CCCC2C1B(C1C2CCCC(c3ccccc3)C2C[C@H]1C)N(C)C. The molecule has 0 aliphatic heterocycles. The molecule has 0 N–H and O–H groups in total. The van der Waals surface area contributed by atoms with Crippen molar-refractivity contribution in [3.05, 3.63) is 71.8 Å². The molecule has 2 aromatic carbocycles. The lowest BCUT2D eigenvalue weighted by Crippen LogP contribution is -2.48. The molecule has 1 nitrogen and oxygen atoms in total. The lowest BCUT2D eigenvalue weighted by atomic mass is 9.34. The molecule has 0 spiro atoms. The second-order valence-electron chi connectivity index (χ2n) is 13.6. The Morgan fingerprint density at radius 1 is 0.583 bits per heavy atom. The number of nitrogens with zero attached hydrogens (tertiary/aromatic N) is 1. The van der Waals surface area contributed by atoms with Gasteiger partial charge >= 0.3 is 0 Å². The number of benzene rings is 2. The summed E-state index contributed by atoms with van der Waals surface area (Å²) in [4.78, 5) is 2.71. The Morgan fingerprint density at radius 2 is 1.00 bits per heavy atom. The predicted molar refractivity (Wildman–Crippen MR) is 155 cm³/mol. The summed E-state index contributed by atoms with van der Waals surface area (Å²) in [7, 11) is 4.86. The van der Waals surface area contributed by atoms with E-state index in [-0.39, 0.29) is 0 Å². The maximum atomic E-state index is 2.71. The molecule has 192 valence electrons. The van der Waals surface area contributed by atoms with Crippen LogP contribution in [-0.4, -0.2) is 25.8 Å². The molecule has 0 radical (unpaired) electrons. The molecule has 2 heteroatoms. The number of hydrogen-bond donors (Lipinski definition) is 0. The Hall–Kier alpha value is -1.54. The smallest absolute Gasteiger partial charge is 0.230 e. The molecule has 4 aliphatic rings. The Bertz CT molecular complexity index is 911. The lowest BCUT2D eigenvalue weighted by molar-refractivity contribution is 0.224. The third-order valence-corrected chi connectivity index (χ3v) is 11.7. The van der Waals surface area contributed by atoms with E-state index in [1.807, 2.05) is 0 Å². The minimum Gasteiger partial charge on any atom is -0.347 e. The zero-order chi connectivity index (χ0) is 24.8.